The van der Waals surface area contributed by atoms with Crippen LogP contribution in [-0.2, 0) is 0 Å². The van der Waals surface area contributed by atoms with E-state index in [1.54, 1.807) is 6.20 Å². The Kier molecular flexibility index (Phi) is 4.21. The normalized spacial score (nSPS) is 12.6. The first-order valence-corrected chi connectivity index (χ1v) is 5.39. The largest absolute Gasteiger partial charge is 0.381 e. The van der Waals surface area contributed by atoms with Gasteiger partial charge in [0, 0.05) is 18.4 Å². The summed E-state index contributed by atoms with van der Waals surface area (Å²) in [5.74, 6) is 0. The highest BCUT2D eigenvalue weighted by atomic mass is 35.5. The predicted molar refractivity (Wildman–Crippen MR) is 62.0 cm³/mol. The number of hydrogen-bond acceptors (Lipinski definition) is 2. The molecule has 1 unspecified atom stereocenters. The molecule has 0 aromatic carbocycles. The van der Waals surface area contributed by atoms with Gasteiger partial charge in [0.1, 0.15) is 0 Å². The van der Waals surface area contributed by atoms with Gasteiger partial charge in [-0.3, -0.25) is 4.98 Å². The molecule has 14 heavy (non-hydrogen) atoms. The molecule has 1 aromatic rings. The molecule has 0 radical (unpaired) electrons. The number of anilines is 1. The summed E-state index contributed by atoms with van der Waals surface area (Å²) in [5, 5.41) is 4.11. The Balaban J connectivity index is 2.75. The molecule has 0 fully saturated rings. The van der Waals surface area contributed by atoms with Crippen LogP contribution in [0.25, 0.3) is 0 Å². The molecule has 0 saturated heterocycles. The molecule has 1 heterocycles. The van der Waals surface area contributed by atoms with Crippen molar-refractivity contribution in [3.05, 3.63) is 23.0 Å². The van der Waals surface area contributed by atoms with Crippen molar-refractivity contribution in [2.45, 2.75) is 39.7 Å². The third-order valence-electron chi connectivity index (χ3n) is 2.20. The Labute approximate surface area is 90.7 Å². The molecule has 0 aliphatic carbocycles. The first-order valence-electron chi connectivity index (χ1n) is 5.01. The van der Waals surface area contributed by atoms with Crippen LogP contribution in [0.1, 0.15) is 32.3 Å². The summed E-state index contributed by atoms with van der Waals surface area (Å²) >= 11 is 6.05. The maximum absolute atomic E-state index is 6.05. The lowest BCUT2D eigenvalue weighted by atomic mass is 10.1. The fourth-order valence-corrected chi connectivity index (χ4v) is 1.73. The molecular weight excluding hydrogens is 196 g/mol. The van der Waals surface area contributed by atoms with E-state index in [4.69, 9.17) is 11.6 Å². The van der Waals surface area contributed by atoms with Gasteiger partial charge in [0.05, 0.1) is 10.7 Å². The van der Waals surface area contributed by atoms with Crippen LogP contribution in [-0.4, -0.2) is 11.0 Å². The minimum Gasteiger partial charge on any atom is -0.381 e. The predicted octanol–water partition coefficient (Wildman–Crippen LogP) is 3.64. The number of halogens is 1. The van der Waals surface area contributed by atoms with Crippen LogP contribution in [0.2, 0.25) is 5.02 Å². The monoisotopic (exact) mass is 212 g/mol. The van der Waals surface area contributed by atoms with Crippen LogP contribution in [0.3, 0.4) is 0 Å². The second-order valence-corrected chi connectivity index (χ2v) is 4.05. The van der Waals surface area contributed by atoms with Crippen LogP contribution >= 0.6 is 11.6 Å². The van der Waals surface area contributed by atoms with Gasteiger partial charge in [0.2, 0.25) is 0 Å². The average molecular weight is 213 g/mol. The Morgan fingerprint density at radius 2 is 2.21 bits per heavy atom. The number of aromatic nitrogens is 1. The van der Waals surface area contributed by atoms with Crippen molar-refractivity contribution in [2.24, 2.45) is 0 Å². The van der Waals surface area contributed by atoms with E-state index in [0.717, 1.165) is 17.7 Å². The lowest BCUT2D eigenvalue weighted by Crippen LogP contribution is -2.15. The van der Waals surface area contributed by atoms with Crippen molar-refractivity contribution in [1.29, 1.82) is 0 Å². The van der Waals surface area contributed by atoms with Crippen LogP contribution < -0.4 is 5.32 Å². The molecule has 1 atom stereocenters. The van der Waals surface area contributed by atoms with E-state index in [9.17, 15) is 0 Å². The molecule has 1 rings (SSSR count). The van der Waals surface area contributed by atoms with Gasteiger partial charge < -0.3 is 5.32 Å². The maximum Gasteiger partial charge on any atom is 0.0823 e. The van der Waals surface area contributed by atoms with Crippen LogP contribution in [0, 0.1) is 6.92 Å². The van der Waals surface area contributed by atoms with Crippen molar-refractivity contribution < 1.29 is 0 Å². The quantitative estimate of drug-likeness (QED) is 0.824. The number of hydrogen-bond donors (Lipinski definition) is 1. The van der Waals surface area contributed by atoms with Gasteiger partial charge in [0.25, 0.3) is 0 Å². The summed E-state index contributed by atoms with van der Waals surface area (Å²) in [6.07, 6.45) is 5.83. The topological polar surface area (TPSA) is 24.9 Å². The molecule has 1 N–H and O–H groups in total. The number of aryl methyl sites for hydroxylation is 1. The van der Waals surface area contributed by atoms with E-state index in [1.165, 1.54) is 6.42 Å². The Morgan fingerprint density at radius 3 is 2.79 bits per heavy atom. The zero-order chi connectivity index (χ0) is 10.6. The molecule has 1 aromatic heterocycles. The van der Waals surface area contributed by atoms with Gasteiger partial charge in [-0.2, -0.15) is 0 Å². The minimum atomic E-state index is 0.457. The molecular formula is C11H17ClN2. The van der Waals surface area contributed by atoms with Crippen molar-refractivity contribution in [3.8, 4) is 0 Å². The van der Waals surface area contributed by atoms with Gasteiger partial charge in [0.15, 0.2) is 0 Å². The minimum absolute atomic E-state index is 0.457. The first-order chi connectivity index (χ1) is 6.65. The molecule has 0 aliphatic heterocycles. The van der Waals surface area contributed by atoms with E-state index < -0.39 is 0 Å². The highest BCUT2D eigenvalue weighted by Crippen LogP contribution is 2.25. The number of nitrogens with zero attached hydrogens (tertiary/aromatic N) is 1. The zero-order valence-corrected chi connectivity index (χ0v) is 9.73. The van der Waals surface area contributed by atoms with Crippen LogP contribution in [0.15, 0.2) is 12.4 Å². The van der Waals surface area contributed by atoms with Gasteiger partial charge >= 0.3 is 0 Å². The Bertz CT molecular complexity index is 279. The zero-order valence-electron chi connectivity index (χ0n) is 8.97. The third-order valence-corrected chi connectivity index (χ3v) is 2.49. The molecule has 0 aliphatic rings. The van der Waals surface area contributed by atoms with E-state index >= 15 is 0 Å². The van der Waals surface area contributed by atoms with Crippen molar-refractivity contribution in [3.63, 3.8) is 0 Å². The molecule has 78 valence electrons. The third kappa shape index (κ3) is 2.88. The van der Waals surface area contributed by atoms with Crippen molar-refractivity contribution in [1.82, 2.24) is 4.98 Å². The molecule has 0 saturated carbocycles. The first kappa shape index (κ1) is 11.3. The standard InChI is InChI=1S/C11H17ClN2/c1-4-5-9(3)14-11-8(2)6-13-7-10(11)12/h6-7,9H,4-5H2,1-3H3,(H,13,14). The van der Waals surface area contributed by atoms with Gasteiger partial charge in [-0.05, 0) is 25.8 Å². The average Bonchev–Trinajstić information content (AvgIpc) is 2.12. The van der Waals surface area contributed by atoms with E-state index in [-0.39, 0.29) is 0 Å². The molecule has 0 bridgehead atoms. The van der Waals surface area contributed by atoms with Crippen molar-refractivity contribution >= 4 is 17.3 Å². The summed E-state index contributed by atoms with van der Waals surface area (Å²) in [4.78, 5) is 4.03. The molecule has 0 amide bonds. The number of nitrogens with one attached hydrogen (secondary N) is 1. The second kappa shape index (κ2) is 5.20. The van der Waals surface area contributed by atoms with Gasteiger partial charge in [-0.15, -0.1) is 0 Å². The number of rotatable bonds is 4. The van der Waals surface area contributed by atoms with Gasteiger partial charge in [-0.1, -0.05) is 24.9 Å². The van der Waals surface area contributed by atoms with Crippen LogP contribution in [0.5, 0.6) is 0 Å². The highest BCUT2D eigenvalue weighted by molar-refractivity contribution is 6.33. The molecule has 2 nitrogen and oxygen atoms in total. The van der Waals surface area contributed by atoms with E-state index in [1.807, 2.05) is 13.1 Å². The molecule has 0 spiro atoms. The second-order valence-electron chi connectivity index (χ2n) is 3.65. The summed E-state index contributed by atoms with van der Waals surface area (Å²) < 4.78 is 0. The lowest BCUT2D eigenvalue weighted by molar-refractivity contribution is 0.690. The smallest absolute Gasteiger partial charge is 0.0823 e. The maximum atomic E-state index is 6.05. The lowest BCUT2D eigenvalue weighted by Gasteiger charge is -2.16. The molecule has 3 heteroatoms. The van der Waals surface area contributed by atoms with Crippen molar-refractivity contribution in [2.75, 3.05) is 5.32 Å². The summed E-state index contributed by atoms with van der Waals surface area (Å²) in [6.45, 7) is 6.36. The Morgan fingerprint density at radius 1 is 1.50 bits per heavy atom. The van der Waals surface area contributed by atoms with E-state index in [0.29, 0.717) is 11.1 Å². The van der Waals surface area contributed by atoms with Crippen LogP contribution in [0.4, 0.5) is 5.69 Å². The summed E-state index contributed by atoms with van der Waals surface area (Å²) in [7, 11) is 0. The summed E-state index contributed by atoms with van der Waals surface area (Å²) in [5.41, 5.74) is 2.11. The highest BCUT2D eigenvalue weighted by Gasteiger charge is 2.07. The number of pyridine rings is 1. The van der Waals surface area contributed by atoms with Gasteiger partial charge in [-0.25, -0.2) is 0 Å². The fraction of sp³-hybridized carbons (Fsp3) is 0.545. The van der Waals surface area contributed by atoms with E-state index in [2.05, 4.69) is 24.1 Å². The fourth-order valence-electron chi connectivity index (χ4n) is 1.47. The SMILES string of the molecule is CCCC(C)Nc1c(C)cncc1Cl. The Hall–Kier alpha value is -0.760. The summed E-state index contributed by atoms with van der Waals surface area (Å²) in [6, 6.07) is 0.457.